The Balaban J connectivity index is 1.47. The Hall–Kier alpha value is -3.77. The lowest BCUT2D eigenvalue weighted by atomic mass is 10.1. The molecule has 0 saturated carbocycles. The van der Waals surface area contributed by atoms with Crippen molar-refractivity contribution in [2.45, 2.75) is 13.2 Å². The van der Waals surface area contributed by atoms with E-state index < -0.39 is 0 Å². The maximum atomic E-state index is 9.04. The average molecular weight is 434 g/mol. The number of aliphatic hydroxyl groups excluding tert-OH is 1. The van der Waals surface area contributed by atoms with Crippen molar-refractivity contribution in [3.8, 4) is 11.5 Å². The zero-order chi connectivity index (χ0) is 22.6. The summed E-state index contributed by atoms with van der Waals surface area (Å²) in [5.74, 6) is 1.52. The maximum absolute atomic E-state index is 9.04. The van der Waals surface area contributed by atoms with E-state index in [1.165, 1.54) is 7.11 Å². The molecule has 0 amide bonds. The fourth-order valence-electron chi connectivity index (χ4n) is 2.87. The molecule has 0 saturated heterocycles. The van der Waals surface area contributed by atoms with Crippen LogP contribution in [0.3, 0.4) is 0 Å². The summed E-state index contributed by atoms with van der Waals surface area (Å²) in [7, 11) is 1.52. The Morgan fingerprint density at radius 2 is 1.38 bits per heavy atom. The number of benzene rings is 3. The van der Waals surface area contributed by atoms with Gasteiger partial charge < -0.3 is 24.2 Å². The van der Waals surface area contributed by atoms with Crippen molar-refractivity contribution in [3.63, 3.8) is 0 Å². The van der Waals surface area contributed by atoms with Gasteiger partial charge in [0.2, 0.25) is 0 Å². The highest BCUT2D eigenvalue weighted by molar-refractivity contribution is 6.01. The topological polar surface area (TPSA) is 69.5 Å². The summed E-state index contributed by atoms with van der Waals surface area (Å²) in [6.45, 7) is 4.67. The summed E-state index contributed by atoms with van der Waals surface area (Å²) in [6, 6.07) is 25.2. The lowest BCUT2D eigenvalue weighted by Crippen LogP contribution is -2.13. The predicted octanol–water partition coefficient (Wildman–Crippen LogP) is 5.28. The Morgan fingerprint density at radius 3 is 1.97 bits per heavy atom. The molecule has 0 unspecified atom stereocenters. The van der Waals surface area contributed by atoms with Gasteiger partial charge in [-0.3, -0.25) is 0 Å². The number of ether oxygens (including phenoxy) is 3. The smallest absolute Gasteiger partial charge is 0.134 e. The molecule has 0 atom stereocenters. The molecule has 0 aromatic heterocycles. The minimum absolute atomic E-state index is 0.0149. The van der Waals surface area contributed by atoms with E-state index >= 15 is 0 Å². The zero-order valence-electron chi connectivity index (χ0n) is 18.1. The Kier molecular flexibility index (Phi) is 8.71. The van der Waals surface area contributed by atoms with Crippen LogP contribution in [-0.4, -0.2) is 31.1 Å². The molecule has 1 N–H and O–H groups in total. The quantitative estimate of drug-likeness (QED) is 0.239. The van der Waals surface area contributed by atoms with E-state index in [-0.39, 0.29) is 12.4 Å². The van der Waals surface area contributed by atoms with Gasteiger partial charge in [0.15, 0.2) is 0 Å². The first-order chi connectivity index (χ1) is 15.6. The fraction of sp³-hybridized carbons (Fsp3) is 0.192. The van der Waals surface area contributed by atoms with E-state index in [1.54, 1.807) is 0 Å². The maximum Gasteiger partial charge on any atom is 0.134 e. The molecule has 3 aromatic rings. The molecule has 0 fully saturated rings. The largest absolute Gasteiger partial charge is 0.510 e. The van der Waals surface area contributed by atoms with E-state index in [4.69, 9.17) is 24.2 Å². The van der Waals surface area contributed by atoms with Crippen molar-refractivity contribution in [1.29, 1.82) is 0 Å². The van der Waals surface area contributed by atoms with Gasteiger partial charge in [-0.25, -0.2) is 0 Å². The Bertz CT molecular complexity index is 999. The second-order valence-corrected chi connectivity index (χ2v) is 7.01. The van der Waals surface area contributed by atoms with Crippen LogP contribution in [-0.2, 0) is 22.8 Å². The standard InChI is InChI=1S/C26H27NO5/c1-20(28)16-30-17-21-8-12-24(13-9-21)31-18-22-10-14-25(15-11-22)32-19-26(27-29-2)23-6-4-3-5-7-23/h3-15,28H,1,16-19H2,2H3/b27-26+. The molecular formula is C26H27NO5. The number of hydrogen-bond acceptors (Lipinski definition) is 6. The van der Waals surface area contributed by atoms with Crippen LogP contribution in [0.4, 0.5) is 0 Å². The van der Waals surface area contributed by atoms with Crippen LogP contribution in [0, 0.1) is 0 Å². The number of rotatable bonds is 12. The molecule has 0 bridgehead atoms. The summed E-state index contributed by atoms with van der Waals surface area (Å²) in [5, 5.41) is 13.1. The van der Waals surface area contributed by atoms with Crippen molar-refractivity contribution >= 4 is 5.71 Å². The van der Waals surface area contributed by atoms with Crippen molar-refractivity contribution in [2.75, 3.05) is 20.3 Å². The first kappa shape index (κ1) is 22.9. The summed E-state index contributed by atoms with van der Waals surface area (Å²) >= 11 is 0. The third-order valence-electron chi connectivity index (χ3n) is 4.47. The normalized spacial score (nSPS) is 11.1. The van der Waals surface area contributed by atoms with Crippen LogP contribution < -0.4 is 9.47 Å². The fourth-order valence-corrected chi connectivity index (χ4v) is 2.87. The van der Waals surface area contributed by atoms with Gasteiger partial charge in [0.05, 0.1) is 6.61 Å². The number of oxime groups is 1. The van der Waals surface area contributed by atoms with E-state index in [9.17, 15) is 0 Å². The van der Waals surface area contributed by atoms with Gasteiger partial charge in [-0.05, 0) is 35.4 Å². The molecule has 0 heterocycles. The van der Waals surface area contributed by atoms with E-state index in [1.807, 2.05) is 78.9 Å². The highest BCUT2D eigenvalue weighted by Gasteiger charge is 2.06. The van der Waals surface area contributed by atoms with Gasteiger partial charge in [0.25, 0.3) is 0 Å². The molecule has 3 aromatic carbocycles. The highest BCUT2D eigenvalue weighted by atomic mass is 16.6. The molecule has 6 heteroatoms. The average Bonchev–Trinajstić information content (AvgIpc) is 2.82. The molecule has 166 valence electrons. The molecule has 0 aliphatic rings. The van der Waals surface area contributed by atoms with Gasteiger partial charge in [0.1, 0.15) is 49.9 Å². The minimum Gasteiger partial charge on any atom is -0.510 e. The van der Waals surface area contributed by atoms with Gasteiger partial charge >= 0.3 is 0 Å². The first-order valence-electron chi connectivity index (χ1n) is 10.2. The van der Waals surface area contributed by atoms with Crippen LogP contribution in [0.2, 0.25) is 0 Å². The van der Waals surface area contributed by atoms with Crippen LogP contribution >= 0.6 is 0 Å². The molecule has 0 aliphatic heterocycles. The van der Waals surface area contributed by atoms with Gasteiger partial charge in [-0.2, -0.15) is 0 Å². The van der Waals surface area contributed by atoms with Crippen molar-refractivity contribution in [3.05, 3.63) is 108 Å². The SMILES string of the molecule is C=C(O)COCc1ccc(OCc2ccc(OC/C(=N\OC)c3ccccc3)cc2)cc1. The Morgan fingerprint density at radius 1 is 0.781 bits per heavy atom. The van der Waals surface area contributed by atoms with Gasteiger partial charge in [0, 0.05) is 5.56 Å². The first-order valence-corrected chi connectivity index (χ1v) is 10.2. The molecular weight excluding hydrogens is 406 g/mol. The third kappa shape index (κ3) is 7.49. The van der Waals surface area contributed by atoms with Crippen molar-refractivity contribution in [2.24, 2.45) is 5.16 Å². The zero-order valence-corrected chi connectivity index (χ0v) is 18.1. The number of nitrogens with zero attached hydrogens (tertiary/aromatic N) is 1. The summed E-state index contributed by atoms with van der Waals surface area (Å²) < 4.78 is 17.0. The lowest BCUT2D eigenvalue weighted by Gasteiger charge is -2.10. The van der Waals surface area contributed by atoms with E-state index in [0.717, 1.165) is 33.9 Å². The Labute approximate surface area is 188 Å². The number of hydrogen-bond donors (Lipinski definition) is 1. The number of aliphatic hydroxyl groups is 1. The van der Waals surface area contributed by atoms with Crippen LogP contribution in [0.1, 0.15) is 16.7 Å². The lowest BCUT2D eigenvalue weighted by molar-refractivity contribution is 0.116. The molecule has 0 radical (unpaired) electrons. The van der Waals surface area contributed by atoms with Gasteiger partial charge in [-0.15, -0.1) is 0 Å². The molecule has 0 aliphatic carbocycles. The third-order valence-corrected chi connectivity index (χ3v) is 4.47. The second kappa shape index (κ2) is 12.2. The molecule has 6 nitrogen and oxygen atoms in total. The van der Waals surface area contributed by atoms with E-state index in [0.29, 0.717) is 19.8 Å². The van der Waals surface area contributed by atoms with Gasteiger partial charge in [-0.1, -0.05) is 66.3 Å². The van der Waals surface area contributed by atoms with Crippen molar-refractivity contribution < 1.29 is 24.2 Å². The summed E-state index contributed by atoms with van der Waals surface area (Å²) in [5.41, 5.74) is 3.69. The predicted molar refractivity (Wildman–Crippen MR) is 124 cm³/mol. The summed E-state index contributed by atoms with van der Waals surface area (Å²) in [4.78, 5) is 4.95. The van der Waals surface area contributed by atoms with Crippen molar-refractivity contribution in [1.82, 2.24) is 0 Å². The minimum atomic E-state index is 0.0149. The highest BCUT2D eigenvalue weighted by Crippen LogP contribution is 2.17. The molecule has 3 rings (SSSR count). The van der Waals surface area contributed by atoms with Crippen LogP contribution in [0.25, 0.3) is 0 Å². The molecule has 0 spiro atoms. The van der Waals surface area contributed by atoms with E-state index in [2.05, 4.69) is 11.7 Å². The summed E-state index contributed by atoms with van der Waals surface area (Å²) in [6.07, 6.45) is 0. The second-order valence-electron chi connectivity index (χ2n) is 7.01. The van der Waals surface area contributed by atoms with Crippen LogP contribution in [0.5, 0.6) is 11.5 Å². The molecule has 32 heavy (non-hydrogen) atoms. The monoisotopic (exact) mass is 433 g/mol. The van der Waals surface area contributed by atoms with Crippen LogP contribution in [0.15, 0.2) is 96.4 Å².